The normalized spacial score (nSPS) is 14.1. The predicted octanol–water partition coefficient (Wildman–Crippen LogP) is 3.80. The van der Waals surface area contributed by atoms with Gasteiger partial charge in [-0.15, -0.1) is 0 Å². The second kappa shape index (κ2) is 8.80. The Morgan fingerprint density at radius 1 is 1.24 bits per heavy atom. The average Bonchev–Trinajstić information content (AvgIpc) is 2.47. The zero-order valence-electron chi connectivity index (χ0n) is 13.2. The molecule has 118 valence electrons. The first-order valence-electron chi connectivity index (χ1n) is 7.43. The summed E-state index contributed by atoms with van der Waals surface area (Å²) in [6.07, 6.45) is 2.45. The summed E-state index contributed by atoms with van der Waals surface area (Å²) in [6, 6.07) is 10.1. The molecule has 1 aromatic carbocycles. The molecule has 0 saturated carbocycles. The van der Waals surface area contributed by atoms with E-state index in [1.54, 1.807) is 7.11 Å². The second-order valence-electron chi connectivity index (χ2n) is 5.56. The van der Waals surface area contributed by atoms with E-state index < -0.39 is 11.6 Å². The molecule has 1 aromatic rings. The smallest absolute Gasteiger partial charge is 0.303 e. The Kier molecular flexibility index (Phi) is 7.40. The maximum atomic E-state index is 10.6. The molecule has 0 aliphatic carbocycles. The van der Waals surface area contributed by atoms with Gasteiger partial charge in [-0.2, -0.15) is 0 Å². The van der Waals surface area contributed by atoms with Crippen LogP contribution in [0.2, 0.25) is 0 Å². The van der Waals surface area contributed by atoms with Crippen LogP contribution in [0.3, 0.4) is 0 Å². The zero-order chi connectivity index (χ0) is 15.7. The third-order valence-electron chi connectivity index (χ3n) is 3.82. The van der Waals surface area contributed by atoms with Gasteiger partial charge in [-0.05, 0) is 30.7 Å². The Balaban J connectivity index is 2.88. The van der Waals surface area contributed by atoms with Crippen molar-refractivity contribution in [2.24, 2.45) is 5.92 Å². The summed E-state index contributed by atoms with van der Waals surface area (Å²) in [4.78, 5) is 10.6. The topological polar surface area (TPSA) is 55.8 Å². The molecule has 1 rings (SSSR count). The number of unbranched alkanes of at least 4 members (excludes halogenated alkanes) is 1. The number of carboxylic acids is 1. The molecule has 0 fully saturated rings. The maximum absolute atomic E-state index is 10.6. The third kappa shape index (κ3) is 5.14. The molecule has 1 unspecified atom stereocenters. The lowest BCUT2D eigenvalue weighted by Gasteiger charge is -2.38. The molecule has 4 heteroatoms. The quantitative estimate of drug-likeness (QED) is 0.526. The first-order chi connectivity index (χ1) is 10.0. The number of methoxy groups -OCH3 is 1. The minimum Gasteiger partial charge on any atom is -0.481 e. The fourth-order valence-electron chi connectivity index (χ4n) is 2.64. The molecule has 0 aromatic heterocycles. The van der Waals surface area contributed by atoms with Crippen molar-refractivity contribution in [1.29, 1.82) is 0 Å². The molecule has 0 heterocycles. The Morgan fingerprint density at radius 3 is 2.43 bits per heavy atom. The fraction of sp³-hybridized carbons (Fsp3) is 0.588. The van der Waals surface area contributed by atoms with E-state index in [9.17, 15) is 4.79 Å². The van der Waals surface area contributed by atoms with Crippen LogP contribution in [0, 0.1) is 5.92 Å². The van der Waals surface area contributed by atoms with Gasteiger partial charge in [0.05, 0.1) is 5.60 Å². The number of rotatable bonds is 10. The van der Waals surface area contributed by atoms with Crippen LogP contribution in [0.25, 0.3) is 0 Å². The number of hydrogen-bond donors (Lipinski definition) is 1. The lowest BCUT2D eigenvalue weighted by molar-refractivity contribution is -0.162. The van der Waals surface area contributed by atoms with Gasteiger partial charge in [0, 0.05) is 13.5 Å². The number of ether oxygens (including phenoxy) is 2. The van der Waals surface area contributed by atoms with Crippen LogP contribution < -0.4 is 0 Å². The van der Waals surface area contributed by atoms with Crippen molar-refractivity contribution in [3.63, 3.8) is 0 Å². The molecule has 0 bridgehead atoms. The van der Waals surface area contributed by atoms with Crippen molar-refractivity contribution < 1.29 is 19.4 Å². The lowest BCUT2D eigenvalue weighted by Crippen LogP contribution is -2.36. The molecule has 0 amide bonds. The number of hydrogen-bond acceptors (Lipinski definition) is 3. The Hall–Kier alpha value is -1.39. The van der Waals surface area contributed by atoms with Crippen LogP contribution in [0.5, 0.6) is 0 Å². The molecule has 21 heavy (non-hydrogen) atoms. The highest BCUT2D eigenvalue weighted by atomic mass is 16.7. The second-order valence-corrected chi connectivity index (χ2v) is 5.56. The molecule has 0 aliphatic heterocycles. The summed E-state index contributed by atoms with van der Waals surface area (Å²) < 4.78 is 11.2. The highest BCUT2D eigenvalue weighted by Crippen LogP contribution is 2.38. The van der Waals surface area contributed by atoms with E-state index in [4.69, 9.17) is 14.6 Å². The van der Waals surface area contributed by atoms with E-state index in [-0.39, 0.29) is 19.1 Å². The highest BCUT2D eigenvalue weighted by molar-refractivity contribution is 5.66. The van der Waals surface area contributed by atoms with Gasteiger partial charge in [-0.25, -0.2) is 0 Å². The van der Waals surface area contributed by atoms with E-state index in [2.05, 4.69) is 26.0 Å². The van der Waals surface area contributed by atoms with Crippen molar-refractivity contribution in [1.82, 2.24) is 0 Å². The van der Waals surface area contributed by atoms with Crippen molar-refractivity contribution in [3.8, 4) is 0 Å². The first kappa shape index (κ1) is 17.7. The molecule has 4 nitrogen and oxygen atoms in total. The van der Waals surface area contributed by atoms with Gasteiger partial charge in [0.15, 0.2) is 0 Å². The average molecular weight is 294 g/mol. The summed E-state index contributed by atoms with van der Waals surface area (Å²) in [5.41, 5.74) is 0.683. The van der Waals surface area contributed by atoms with Crippen LogP contribution in [0.4, 0.5) is 0 Å². The van der Waals surface area contributed by atoms with Crippen LogP contribution >= 0.6 is 0 Å². The lowest BCUT2D eigenvalue weighted by atomic mass is 9.79. The molecule has 1 N–H and O–H groups in total. The van der Waals surface area contributed by atoms with Gasteiger partial charge >= 0.3 is 5.97 Å². The summed E-state index contributed by atoms with van der Waals surface area (Å²) in [5.74, 6) is -0.484. The molecular formula is C17H26O4. The van der Waals surface area contributed by atoms with E-state index in [1.807, 2.05) is 18.2 Å². The summed E-state index contributed by atoms with van der Waals surface area (Å²) in [5, 5.41) is 8.76. The monoisotopic (exact) mass is 294 g/mol. The van der Waals surface area contributed by atoms with Crippen LogP contribution in [-0.4, -0.2) is 25.0 Å². The van der Waals surface area contributed by atoms with Gasteiger partial charge in [-0.3, -0.25) is 4.79 Å². The molecule has 0 aliphatic rings. The zero-order valence-corrected chi connectivity index (χ0v) is 13.2. The molecule has 0 saturated heterocycles. The van der Waals surface area contributed by atoms with Crippen LogP contribution in [0.1, 0.15) is 45.1 Å². The van der Waals surface area contributed by atoms with Gasteiger partial charge in [0.2, 0.25) is 0 Å². The molecule has 0 radical (unpaired) electrons. The van der Waals surface area contributed by atoms with Gasteiger partial charge in [0.25, 0.3) is 0 Å². The number of benzene rings is 1. The van der Waals surface area contributed by atoms with E-state index >= 15 is 0 Å². The predicted molar refractivity (Wildman–Crippen MR) is 82.0 cm³/mol. The van der Waals surface area contributed by atoms with Crippen molar-refractivity contribution >= 4 is 5.97 Å². The Labute approximate surface area is 127 Å². The largest absolute Gasteiger partial charge is 0.481 e. The number of aliphatic carboxylic acids is 1. The molecular weight excluding hydrogens is 268 g/mol. The summed E-state index contributed by atoms with van der Waals surface area (Å²) in [7, 11) is 1.61. The van der Waals surface area contributed by atoms with Gasteiger partial charge < -0.3 is 14.6 Å². The third-order valence-corrected chi connectivity index (χ3v) is 3.82. The highest BCUT2D eigenvalue weighted by Gasteiger charge is 2.36. The number of carboxylic acid groups (broad SMARTS) is 1. The maximum Gasteiger partial charge on any atom is 0.303 e. The minimum absolute atomic E-state index is 0.202. The van der Waals surface area contributed by atoms with E-state index in [0.29, 0.717) is 6.42 Å². The van der Waals surface area contributed by atoms with Crippen molar-refractivity contribution in [3.05, 3.63) is 35.9 Å². The summed E-state index contributed by atoms with van der Waals surface area (Å²) in [6.45, 7) is 4.48. The van der Waals surface area contributed by atoms with Crippen molar-refractivity contribution in [2.75, 3.05) is 13.9 Å². The Morgan fingerprint density at radius 2 is 1.90 bits per heavy atom. The fourth-order valence-corrected chi connectivity index (χ4v) is 2.64. The van der Waals surface area contributed by atoms with Crippen LogP contribution in [0.15, 0.2) is 30.3 Å². The van der Waals surface area contributed by atoms with Gasteiger partial charge in [-0.1, -0.05) is 44.2 Å². The van der Waals surface area contributed by atoms with Crippen molar-refractivity contribution in [2.45, 2.75) is 45.1 Å². The molecule has 0 spiro atoms. The van der Waals surface area contributed by atoms with Gasteiger partial charge in [0.1, 0.15) is 6.79 Å². The molecule has 1 atom stereocenters. The van der Waals surface area contributed by atoms with E-state index in [0.717, 1.165) is 18.4 Å². The standard InChI is InChI=1S/C17H26O4/c1-14(2)17(21-13-20-3,12-8-7-11-16(18)19)15-9-5-4-6-10-15/h4-6,9-10,14H,7-8,11-13H2,1-3H3,(H,18,19). The Bertz CT molecular complexity index is 416. The van der Waals surface area contributed by atoms with E-state index in [1.165, 1.54) is 0 Å². The summed E-state index contributed by atoms with van der Waals surface area (Å²) >= 11 is 0. The number of carbonyl (C=O) groups is 1. The van der Waals surface area contributed by atoms with Crippen LogP contribution in [-0.2, 0) is 19.9 Å². The minimum atomic E-state index is -0.748. The SMILES string of the molecule is COCOC(CCCCC(=O)O)(c1ccccc1)C(C)C. The first-order valence-corrected chi connectivity index (χ1v) is 7.43.